The Kier molecular flexibility index (Phi) is 13.4. The van der Waals surface area contributed by atoms with Crippen LogP contribution in [-0.2, 0) is 27.9 Å². The number of sulfonamides is 1. The van der Waals surface area contributed by atoms with Crippen LogP contribution in [0.5, 0.6) is 23.0 Å². The normalized spacial score (nSPS) is 13.1. The number of hydrogen-bond acceptors (Lipinski definition) is 11. The minimum Gasteiger partial charge on any atom is -0.497 e. The van der Waals surface area contributed by atoms with Crippen LogP contribution in [0, 0.1) is 17.2 Å². The molecule has 1 aliphatic rings. The van der Waals surface area contributed by atoms with Gasteiger partial charge in [0, 0.05) is 55.3 Å². The molecule has 1 aliphatic heterocycles. The number of nitrogens with zero attached hydrogens (tertiary/aromatic N) is 5. The third-order valence-electron chi connectivity index (χ3n) is 10.7. The van der Waals surface area contributed by atoms with Crippen molar-refractivity contribution in [3.63, 3.8) is 0 Å². The number of benzene rings is 5. The number of anilines is 1. The van der Waals surface area contributed by atoms with E-state index in [1.165, 1.54) is 38.7 Å². The lowest BCUT2D eigenvalue weighted by atomic mass is 9.93. The van der Waals surface area contributed by atoms with Crippen molar-refractivity contribution in [2.24, 2.45) is 5.92 Å². The first-order chi connectivity index (χ1) is 29.2. The van der Waals surface area contributed by atoms with Gasteiger partial charge in [-0.15, -0.1) is 0 Å². The summed E-state index contributed by atoms with van der Waals surface area (Å²) in [6.45, 7) is 4.75. The van der Waals surface area contributed by atoms with Gasteiger partial charge in [0.1, 0.15) is 35.4 Å². The Morgan fingerprint density at radius 3 is 2.38 bits per heavy atom. The molecule has 1 amide bonds. The van der Waals surface area contributed by atoms with Gasteiger partial charge in [0.15, 0.2) is 0 Å². The van der Waals surface area contributed by atoms with Gasteiger partial charge in [0.05, 0.1) is 31.2 Å². The molecule has 1 fully saturated rings. The van der Waals surface area contributed by atoms with Crippen LogP contribution in [0.4, 0.5) is 5.13 Å². The van der Waals surface area contributed by atoms with E-state index in [-0.39, 0.29) is 33.8 Å². The van der Waals surface area contributed by atoms with Crippen LogP contribution in [0.2, 0.25) is 0 Å². The fourth-order valence-corrected chi connectivity index (χ4v) is 9.50. The van der Waals surface area contributed by atoms with Crippen LogP contribution in [0.1, 0.15) is 42.9 Å². The van der Waals surface area contributed by atoms with Gasteiger partial charge in [0.2, 0.25) is 11.0 Å². The van der Waals surface area contributed by atoms with E-state index >= 15 is 0 Å². The quantitative estimate of drug-likeness (QED) is 0.0939. The summed E-state index contributed by atoms with van der Waals surface area (Å²) in [5.74, 6) is 2.46. The molecule has 14 heteroatoms. The molecule has 0 aliphatic carbocycles. The molecule has 7 rings (SSSR count). The molecule has 0 saturated carbocycles. The highest BCUT2D eigenvalue weighted by atomic mass is 32.2. The number of amides is 1. The van der Waals surface area contributed by atoms with E-state index in [0.717, 1.165) is 82.6 Å². The standard InChI is InChI=1S/C46H46N6O6S2/c1-32(53)51-22-19-33(20-23-51)18-21-48-29-34-8-7-11-37(24-34)42-26-36(35-9-5-4-6-10-35)13-16-44(42)58-43-17-15-41(25-39(43)28-47)60(54,55)52(46-49-31-50-59-46)30-38-12-14-40(56-2)27-45(38)57-3/h4-17,24-27,31,33,48H,18-23,29-30H2,1-3H3. The first-order valence-corrected chi connectivity index (χ1v) is 21.9. The predicted octanol–water partition coefficient (Wildman–Crippen LogP) is 8.69. The molecule has 0 radical (unpaired) electrons. The number of carbonyl (C=O) groups excluding carboxylic acids is 1. The number of likely N-dealkylation sites (tertiary alicyclic amines) is 1. The monoisotopic (exact) mass is 842 g/mol. The van der Waals surface area contributed by atoms with Crippen LogP contribution in [-0.4, -0.2) is 62.4 Å². The van der Waals surface area contributed by atoms with Crippen molar-refractivity contribution in [2.75, 3.05) is 38.2 Å². The molecule has 0 spiro atoms. The summed E-state index contributed by atoms with van der Waals surface area (Å²) in [7, 11) is -1.23. The molecule has 5 aromatic carbocycles. The van der Waals surface area contributed by atoms with Gasteiger partial charge < -0.3 is 24.4 Å². The average molecular weight is 843 g/mol. The highest BCUT2D eigenvalue weighted by Crippen LogP contribution is 2.39. The molecule has 0 bridgehead atoms. The molecule has 12 nitrogen and oxygen atoms in total. The molecular weight excluding hydrogens is 797 g/mol. The second-order valence-corrected chi connectivity index (χ2v) is 17.1. The van der Waals surface area contributed by atoms with E-state index < -0.39 is 10.0 Å². The zero-order valence-electron chi connectivity index (χ0n) is 33.7. The third kappa shape index (κ3) is 9.77. The van der Waals surface area contributed by atoms with Crippen molar-refractivity contribution >= 4 is 32.6 Å². The minimum atomic E-state index is -4.27. The van der Waals surface area contributed by atoms with Gasteiger partial charge in [-0.25, -0.2) is 17.7 Å². The third-order valence-corrected chi connectivity index (χ3v) is 13.2. The van der Waals surface area contributed by atoms with Crippen LogP contribution >= 0.6 is 11.5 Å². The topological polar surface area (TPSA) is 147 Å². The van der Waals surface area contributed by atoms with Gasteiger partial charge in [-0.3, -0.25) is 4.79 Å². The van der Waals surface area contributed by atoms with Crippen LogP contribution in [0.15, 0.2) is 120 Å². The minimum absolute atomic E-state index is 0.0401. The molecular formula is C46H46N6O6S2. The summed E-state index contributed by atoms with van der Waals surface area (Å²) < 4.78 is 51.4. The maximum Gasteiger partial charge on any atom is 0.266 e. The zero-order valence-corrected chi connectivity index (χ0v) is 35.3. The number of nitriles is 1. The Morgan fingerprint density at radius 2 is 1.67 bits per heavy atom. The maximum atomic E-state index is 14.4. The second-order valence-electron chi connectivity index (χ2n) is 14.5. The first kappa shape index (κ1) is 41.9. The molecule has 0 unspecified atom stereocenters. The molecule has 1 saturated heterocycles. The summed E-state index contributed by atoms with van der Waals surface area (Å²) >= 11 is 0.935. The largest absolute Gasteiger partial charge is 0.497 e. The van der Waals surface area contributed by atoms with Crippen molar-refractivity contribution in [2.45, 2.75) is 44.2 Å². The summed E-state index contributed by atoms with van der Waals surface area (Å²) in [4.78, 5) is 17.8. The Balaban J connectivity index is 1.14. The lowest BCUT2D eigenvalue weighted by Crippen LogP contribution is -2.37. The number of methoxy groups -OCH3 is 2. The highest BCUT2D eigenvalue weighted by molar-refractivity contribution is 7.93. The lowest BCUT2D eigenvalue weighted by Gasteiger charge is -2.31. The van der Waals surface area contributed by atoms with E-state index in [9.17, 15) is 18.5 Å². The molecule has 6 aromatic rings. The Hall–Kier alpha value is -6.27. The summed E-state index contributed by atoms with van der Waals surface area (Å²) in [5, 5.41) is 14.1. The van der Waals surface area contributed by atoms with E-state index in [0.29, 0.717) is 35.3 Å². The van der Waals surface area contributed by atoms with Crippen LogP contribution in [0.3, 0.4) is 0 Å². The Labute approximate surface area is 355 Å². The van der Waals surface area contributed by atoms with Crippen LogP contribution in [0.25, 0.3) is 22.3 Å². The Bertz CT molecular complexity index is 2570. The second kappa shape index (κ2) is 19.2. The number of rotatable bonds is 16. The number of ether oxygens (including phenoxy) is 3. The van der Waals surface area contributed by atoms with Crippen LogP contribution < -0.4 is 23.8 Å². The summed E-state index contributed by atoms with van der Waals surface area (Å²) in [6, 6.07) is 35.8. The maximum absolute atomic E-state index is 14.4. The van der Waals surface area contributed by atoms with Crippen molar-refractivity contribution in [1.29, 1.82) is 5.26 Å². The van der Waals surface area contributed by atoms with E-state index in [2.05, 4.69) is 38.9 Å². The molecule has 60 heavy (non-hydrogen) atoms. The van der Waals surface area contributed by atoms with Crippen molar-refractivity contribution < 1.29 is 27.4 Å². The predicted molar refractivity (Wildman–Crippen MR) is 233 cm³/mol. The van der Waals surface area contributed by atoms with Gasteiger partial charge in [0.25, 0.3) is 10.0 Å². The van der Waals surface area contributed by atoms with E-state index in [1.807, 2.05) is 59.5 Å². The van der Waals surface area contributed by atoms with Gasteiger partial charge in [-0.2, -0.15) is 9.64 Å². The van der Waals surface area contributed by atoms with Gasteiger partial charge in [-0.05, 0) is 103 Å². The highest BCUT2D eigenvalue weighted by Gasteiger charge is 2.30. The average Bonchev–Trinajstić information content (AvgIpc) is 3.82. The first-order valence-electron chi connectivity index (χ1n) is 19.6. The van der Waals surface area contributed by atoms with E-state index in [1.54, 1.807) is 25.1 Å². The summed E-state index contributed by atoms with van der Waals surface area (Å²) in [5.41, 5.74) is 5.49. The fourth-order valence-electron chi connectivity index (χ4n) is 7.34. The van der Waals surface area contributed by atoms with E-state index in [4.69, 9.17) is 14.2 Å². The smallest absolute Gasteiger partial charge is 0.266 e. The van der Waals surface area contributed by atoms with Crippen molar-refractivity contribution in [3.8, 4) is 51.3 Å². The number of carbonyl (C=O) groups is 1. The van der Waals surface area contributed by atoms with Crippen molar-refractivity contribution in [1.82, 2.24) is 19.6 Å². The fraction of sp³-hybridized carbons (Fsp3) is 0.261. The molecule has 308 valence electrons. The number of nitrogens with one attached hydrogen (secondary N) is 1. The van der Waals surface area contributed by atoms with Gasteiger partial charge in [-0.1, -0.05) is 54.6 Å². The summed E-state index contributed by atoms with van der Waals surface area (Å²) in [6.07, 6.45) is 4.42. The Morgan fingerprint density at radius 1 is 0.883 bits per heavy atom. The SMILES string of the molecule is COc1ccc(CN(c2ncns2)S(=O)(=O)c2ccc(Oc3ccc(-c4ccccc4)cc3-c3cccc(CNCCC4CCN(C(C)=O)CC4)c3)c(C#N)c2)c(OC)c1. The number of aromatic nitrogens is 2. The van der Waals surface area contributed by atoms with Crippen molar-refractivity contribution in [3.05, 3.63) is 132 Å². The lowest BCUT2D eigenvalue weighted by molar-refractivity contribution is -0.130. The molecule has 1 N–H and O–H groups in total. The number of hydrogen-bond donors (Lipinski definition) is 1. The van der Waals surface area contributed by atoms with Gasteiger partial charge >= 0.3 is 0 Å². The number of piperidine rings is 1. The molecule has 2 heterocycles. The zero-order chi connectivity index (χ0) is 42.1. The molecule has 0 atom stereocenters. The molecule has 1 aromatic heterocycles.